The van der Waals surface area contributed by atoms with Crippen LogP contribution in [0.25, 0.3) is 21.8 Å². The number of ether oxygens (including phenoxy) is 2. The van der Waals surface area contributed by atoms with Gasteiger partial charge in [0.05, 0.1) is 30.6 Å². The van der Waals surface area contributed by atoms with E-state index in [1.807, 2.05) is 38.1 Å². The fourth-order valence-electron chi connectivity index (χ4n) is 6.86. The van der Waals surface area contributed by atoms with Crippen molar-refractivity contribution in [1.29, 1.82) is 0 Å². The molecule has 5 aromatic rings. The van der Waals surface area contributed by atoms with Crippen LogP contribution in [0.3, 0.4) is 0 Å². The quantitative estimate of drug-likeness (QED) is 0.214. The molecule has 1 aromatic heterocycles. The summed E-state index contributed by atoms with van der Waals surface area (Å²) in [7, 11) is 1.66. The summed E-state index contributed by atoms with van der Waals surface area (Å²) in [5.41, 5.74) is 8.36. The Morgan fingerprint density at radius 1 is 0.837 bits per heavy atom. The highest BCUT2D eigenvalue weighted by molar-refractivity contribution is 6.08. The lowest BCUT2D eigenvalue weighted by molar-refractivity contribution is -0.116. The van der Waals surface area contributed by atoms with E-state index in [1.165, 1.54) is 21.8 Å². The molecule has 0 fully saturated rings. The van der Waals surface area contributed by atoms with Crippen molar-refractivity contribution in [2.75, 3.05) is 17.7 Å². The highest BCUT2D eigenvalue weighted by Gasteiger charge is 2.36. The third-order valence-corrected chi connectivity index (χ3v) is 8.78. The molecule has 2 atom stereocenters. The number of rotatable bonds is 6. The molecule has 0 spiro atoms. The number of nitrogens with one attached hydrogen (secondary N) is 2. The van der Waals surface area contributed by atoms with Crippen LogP contribution in [0.1, 0.15) is 56.7 Å². The average molecular weight is 572 g/mol. The zero-order valence-electron chi connectivity index (χ0n) is 25.1. The van der Waals surface area contributed by atoms with Gasteiger partial charge in [-0.3, -0.25) is 4.79 Å². The molecule has 0 saturated heterocycles. The van der Waals surface area contributed by atoms with Crippen molar-refractivity contribution in [2.45, 2.75) is 58.2 Å². The van der Waals surface area contributed by atoms with Gasteiger partial charge in [-0.2, -0.15) is 0 Å². The number of Topliss-reactive ketones (excluding diaryl/α,β-unsaturated/α-hetero) is 1. The van der Waals surface area contributed by atoms with Gasteiger partial charge in [0.2, 0.25) is 0 Å². The van der Waals surface area contributed by atoms with Crippen molar-refractivity contribution in [3.8, 4) is 11.5 Å². The summed E-state index contributed by atoms with van der Waals surface area (Å²) >= 11 is 0. The number of hydrogen-bond donors (Lipinski definition) is 2. The van der Waals surface area contributed by atoms with Crippen LogP contribution in [-0.4, -0.2) is 23.6 Å². The molecule has 2 N–H and O–H groups in total. The van der Waals surface area contributed by atoms with Gasteiger partial charge in [-0.05, 0) is 86.7 Å². The summed E-state index contributed by atoms with van der Waals surface area (Å²) in [5, 5.41) is 9.87. The Hall–Kier alpha value is -4.71. The third kappa shape index (κ3) is 4.71. The smallest absolute Gasteiger partial charge is 0.163 e. The molecule has 43 heavy (non-hydrogen) atoms. The molecule has 1 aliphatic carbocycles. The monoisotopic (exact) mass is 571 g/mol. The van der Waals surface area contributed by atoms with Gasteiger partial charge >= 0.3 is 0 Å². The largest absolute Gasteiger partial charge is 0.493 e. The lowest BCUT2D eigenvalue weighted by Crippen LogP contribution is -2.27. The van der Waals surface area contributed by atoms with Gasteiger partial charge in [-0.15, -0.1) is 0 Å². The molecular weight excluding hydrogens is 534 g/mol. The van der Waals surface area contributed by atoms with E-state index in [0.29, 0.717) is 17.9 Å². The number of fused-ring (bicyclic) bond motifs is 4. The van der Waals surface area contributed by atoms with Gasteiger partial charge in [0.15, 0.2) is 17.3 Å². The standard InChI is InChI=1S/C37H37N3O3/c1-5-40-31-13-9-6-10-26(31)27-18-24(14-16-32(27)40)37-36-30(38-28-11-7-8-12-29(28)39-37)19-25(20-33(36)41)23-15-17-34(43-22(2)3)35(21-23)42-4/h6-18,21-22,25,37-39H,5,19-20H2,1-4H3. The number of ketones is 1. The molecule has 2 unspecified atom stereocenters. The first kappa shape index (κ1) is 27.1. The van der Waals surface area contributed by atoms with E-state index in [0.717, 1.165) is 46.7 Å². The maximum Gasteiger partial charge on any atom is 0.163 e. The summed E-state index contributed by atoms with van der Waals surface area (Å²) < 4.78 is 14.0. The van der Waals surface area contributed by atoms with Gasteiger partial charge in [0.25, 0.3) is 0 Å². The molecule has 1 aliphatic heterocycles. The third-order valence-electron chi connectivity index (χ3n) is 8.78. The van der Waals surface area contributed by atoms with Crippen molar-refractivity contribution in [3.63, 3.8) is 0 Å². The minimum Gasteiger partial charge on any atom is -0.493 e. The Labute approximate surface area is 252 Å². The van der Waals surface area contributed by atoms with E-state index in [2.05, 4.69) is 82.8 Å². The fourth-order valence-corrected chi connectivity index (χ4v) is 6.86. The van der Waals surface area contributed by atoms with Crippen LogP contribution in [0.2, 0.25) is 0 Å². The molecule has 0 bridgehead atoms. The second-order valence-corrected chi connectivity index (χ2v) is 11.8. The number of para-hydroxylation sites is 3. The molecule has 4 aromatic carbocycles. The SMILES string of the molecule is CCn1c2ccccc2c2cc(C3Nc4ccccc4NC4=C3C(=O)CC(c3ccc(OC(C)C)c(OC)c3)C4)ccc21. The number of carbonyl (C=O) groups excluding carboxylic acids is 1. The Bertz CT molecular complexity index is 1900. The first-order valence-electron chi connectivity index (χ1n) is 15.2. The maximum atomic E-state index is 14.2. The molecular formula is C37H37N3O3. The normalized spacial score (nSPS) is 18.2. The lowest BCUT2D eigenvalue weighted by atomic mass is 9.78. The second-order valence-electron chi connectivity index (χ2n) is 11.8. The summed E-state index contributed by atoms with van der Waals surface area (Å²) in [6, 6.07) is 29.2. The van der Waals surface area contributed by atoms with Crippen LogP contribution >= 0.6 is 0 Å². The molecule has 6 heteroatoms. The number of aromatic nitrogens is 1. The van der Waals surface area contributed by atoms with Gasteiger partial charge in [-0.25, -0.2) is 0 Å². The number of carbonyl (C=O) groups is 1. The number of methoxy groups -OCH3 is 1. The molecule has 7 rings (SSSR count). The van der Waals surface area contributed by atoms with Crippen LogP contribution in [0.15, 0.2) is 96.2 Å². The molecule has 0 amide bonds. The van der Waals surface area contributed by atoms with E-state index >= 15 is 0 Å². The van der Waals surface area contributed by atoms with Crippen molar-refractivity contribution < 1.29 is 14.3 Å². The molecule has 2 heterocycles. The van der Waals surface area contributed by atoms with Crippen LogP contribution in [-0.2, 0) is 11.3 Å². The highest BCUT2D eigenvalue weighted by Crippen LogP contribution is 2.46. The van der Waals surface area contributed by atoms with Crippen molar-refractivity contribution in [2.24, 2.45) is 0 Å². The number of nitrogens with zero attached hydrogens (tertiary/aromatic N) is 1. The summed E-state index contributed by atoms with van der Waals surface area (Å²) in [6.45, 7) is 7.08. The van der Waals surface area contributed by atoms with Crippen LogP contribution in [0.4, 0.5) is 11.4 Å². The van der Waals surface area contributed by atoms with Crippen molar-refractivity contribution in [3.05, 3.63) is 107 Å². The number of hydrogen-bond acceptors (Lipinski definition) is 5. The maximum absolute atomic E-state index is 14.2. The lowest BCUT2D eigenvalue weighted by Gasteiger charge is -2.30. The summed E-state index contributed by atoms with van der Waals surface area (Å²) in [6.07, 6.45) is 1.19. The van der Waals surface area contributed by atoms with Crippen LogP contribution in [0, 0.1) is 0 Å². The van der Waals surface area contributed by atoms with E-state index in [4.69, 9.17) is 9.47 Å². The highest BCUT2D eigenvalue weighted by atomic mass is 16.5. The van der Waals surface area contributed by atoms with Crippen molar-refractivity contribution in [1.82, 2.24) is 4.57 Å². The van der Waals surface area contributed by atoms with E-state index in [9.17, 15) is 4.79 Å². The predicted molar refractivity (Wildman–Crippen MR) is 174 cm³/mol. The van der Waals surface area contributed by atoms with E-state index in [1.54, 1.807) is 7.11 Å². The average Bonchev–Trinajstić information content (AvgIpc) is 3.22. The Morgan fingerprint density at radius 2 is 1.58 bits per heavy atom. The van der Waals surface area contributed by atoms with Gasteiger partial charge in [-0.1, -0.05) is 42.5 Å². The number of aryl methyl sites for hydroxylation is 1. The Kier molecular flexibility index (Phi) is 6.85. The van der Waals surface area contributed by atoms with Crippen LogP contribution in [0.5, 0.6) is 11.5 Å². The first-order chi connectivity index (χ1) is 20.9. The van der Waals surface area contributed by atoms with Gasteiger partial charge in [0.1, 0.15) is 0 Å². The van der Waals surface area contributed by atoms with E-state index in [-0.39, 0.29) is 23.8 Å². The first-order valence-corrected chi connectivity index (χ1v) is 15.2. The number of allylic oxidation sites excluding steroid dienone is 1. The minimum atomic E-state index is -0.274. The molecule has 0 radical (unpaired) electrons. The zero-order valence-corrected chi connectivity index (χ0v) is 25.1. The summed E-state index contributed by atoms with van der Waals surface area (Å²) in [5.74, 6) is 1.59. The Morgan fingerprint density at radius 3 is 2.37 bits per heavy atom. The number of benzene rings is 4. The predicted octanol–water partition coefficient (Wildman–Crippen LogP) is 8.59. The van der Waals surface area contributed by atoms with Crippen molar-refractivity contribution >= 4 is 39.0 Å². The molecule has 0 saturated carbocycles. The zero-order chi connectivity index (χ0) is 29.7. The van der Waals surface area contributed by atoms with Gasteiger partial charge < -0.3 is 24.7 Å². The summed E-state index contributed by atoms with van der Waals surface area (Å²) in [4.78, 5) is 14.2. The fraction of sp³-hybridized carbons (Fsp3) is 0.270. The topological polar surface area (TPSA) is 64.5 Å². The van der Waals surface area contributed by atoms with Crippen LogP contribution < -0.4 is 20.1 Å². The molecule has 218 valence electrons. The van der Waals surface area contributed by atoms with E-state index < -0.39 is 0 Å². The number of anilines is 2. The van der Waals surface area contributed by atoms with Gasteiger partial charge in [0, 0.05) is 46.0 Å². The second kappa shape index (κ2) is 10.8. The minimum absolute atomic E-state index is 0.0247. The molecule has 2 aliphatic rings. The Balaban J connectivity index is 1.33. The molecule has 6 nitrogen and oxygen atoms in total.